The fourth-order valence-electron chi connectivity index (χ4n) is 2.30. The smallest absolute Gasteiger partial charge is 0.251 e. The van der Waals surface area contributed by atoms with E-state index in [-0.39, 0.29) is 5.91 Å². The maximum atomic E-state index is 12.0. The monoisotopic (exact) mass is 298 g/mol. The number of fused-ring (bicyclic) bond motifs is 1. The van der Waals surface area contributed by atoms with E-state index in [1.54, 1.807) is 24.3 Å². The highest BCUT2D eigenvalue weighted by atomic mass is 16.6. The Labute approximate surface area is 129 Å². The summed E-state index contributed by atoms with van der Waals surface area (Å²) in [5.41, 5.74) is 7.96. The van der Waals surface area contributed by atoms with Crippen LogP contribution in [-0.2, 0) is 6.42 Å². The summed E-state index contributed by atoms with van der Waals surface area (Å²) in [6, 6.07) is 12.7. The molecule has 0 bridgehead atoms. The summed E-state index contributed by atoms with van der Waals surface area (Å²) in [6.45, 7) is 1.72. The van der Waals surface area contributed by atoms with Gasteiger partial charge in [-0.1, -0.05) is 6.07 Å². The number of amides is 1. The zero-order valence-electron chi connectivity index (χ0n) is 12.2. The summed E-state index contributed by atoms with van der Waals surface area (Å²) in [7, 11) is 0. The van der Waals surface area contributed by atoms with Gasteiger partial charge in [0.25, 0.3) is 5.91 Å². The van der Waals surface area contributed by atoms with Crippen molar-refractivity contribution in [2.24, 2.45) is 0 Å². The van der Waals surface area contributed by atoms with Crippen LogP contribution in [0.2, 0.25) is 0 Å². The fourth-order valence-corrected chi connectivity index (χ4v) is 2.30. The molecule has 5 nitrogen and oxygen atoms in total. The summed E-state index contributed by atoms with van der Waals surface area (Å²) < 4.78 is 11.0. The summed E-state index contributed by atoms with van der Waals surface area (Å²) in [6.07, 6.45) is 0.733. The predicted molar refractivity (Wildman–Crippen MR) is 84.3 cm³/mol. The van der Waals surface area contributed by atoms with Crippen LogP contribution in [-0.4, -0.2) is 25.7 Å². The number of nitrogens with two attached hydrogens (primary N) is 1. The average molecular weight is 298 g/mol. The van der Waals surface area contributed by atoms with E-state index in [0.29, 0.717) is 31.0 Å². The van der Waals surface area contributed by atoms with Gasteiger partial charge in [0.05, 0.1) is 0 Å². The Balaban J connectivity index is 1.54. The van der Waals surface area contributed by atoms with Crippen molar-refractivity contribution in [3.63, 3.8) is 0 Å². The molecule has 114 valence electrons. The third-order valence-corrected chi connectivity index (χ3v) is 3.48. The Kier molecular flexibility index (Phi) is 4.14. The van der Waals surface area contributed by atoms with E-state index < -0.39 is 0 Å². The van der Waals surface area contributed by atoms with Crippen LogP contribution >= 0.6 is 0 Å². The lowest BCUT2D eigenvalue weighted by Gasteiger charge is -2.18. The van der Waals surface area contributed by atoms with Gasteiger partial charge in [-0.2, -0.15) is 0 Å². The maximum absolute atomic E-state index is 12.0. The summed E-state index contributed by atoms with van der Waals surface area (Å²) >= 11 is 0. The molecule has 0 aromatic heterocycles. The molecule has 0 spiro atoms. The minimum Gasteiger partial charge on any atom is -0.486 e. The average Bonchev–Trinajstić information content (AvgIpc) is 2.55. The first-order valence-corrected chi connectivity index (χ1v) is 7.24. The Bertz CT molecular complexity index is 668. The van der Waals surface area contributed by atoms with Crippen molar-refractivity contribution < 1.29 is 14.3 Å². The van der Waals surface area contributed by atoms with Crippen LogP contribution in [0.15, 0.2) is 42.5 Å². The van der Waals surface area contributed by atoms with Crippen molar-refractivity contribution in [2.45, 2.75) is 6.42 Å². The lowest BCUT2D eigenvalue weighted by Crippen LogP contribution is -2.25. The van der Waals surface area contributed by atoms with Crippen molar-refractivity contribution in [3.8, 4) is 11.5 Å². The lowest BCUT2D eigenvalue weighted by molar-refractivity contribution is 0.0954. The minimum absolute atomic E-state index is 0.0995. The quantitative estimate of drug-likeness (QED) is 0.847. The van der Waals surface area contributed by atoms with Gasteiger partial charge in [0.2, 0.25) is 0 Å². The standard InChI is InChI=1S/C17H18N2O3/c18-14-4-2-13(3-5-14)17(20)19-8-7-12-1-6-15-16(11-12)22-10-9-21-15/h1-6,11H,7-10,18H2,(H,19,20). The van der Waals surface area contributed by atoms with E-state index in [1.807, 2.05) is 18.2 Å². The Morgan fingerprint density at radius 3 is 2.55 bits per heavy atom. The minimum atomic E-state index is -0.0995. The largest absolute Gasteiger partial charge is 0.486 e. The van der Waals surface area contributed by atoms with Gasteiger partial charge in [-0.05, 0) is 48.4 Å². The predicted octanol–water partition coefficient (Wildman–Crippen LogP) is 2.01. The molecule has 1 heterocycles. The number of carbonyl (C=O) groups excluding carboxylic acids is 1. The molecule has 1 aliphatic rings. The third-order valence-electron chi connectivity index (χ3n) is 3.48. The van der Waals surface area contributed by atoms with E-state index in [4.69, 9.17) is 15.2 Å². The van der Waals surface area contributed by atoms with E-state index in [0.717, 1.165) is 23.5 Å². The molecule has 0 aliphatic carbocycles. The van der Waals surface area contributed by atoms with Crippen molar-refractivity contribution in [1.29, 1.82) is 0 Å². The zero-order valence-corrected chi connectivity index (χ0v) is 12.2. The SMILES string of the molecule is Nc1ccc(C(=O)NCCc2ccc3c(c2)OCCO3)cc1. The number of carbonyl (C=O) groups is 1. The van der Waals surface area contributed by atoms with Crippen molar-refractivity contribution in [1.82, 2.24) is 5.32 Å². The molecule has 3 N–H and O–H groups in total. The third kappa shape index (κ3) is 3.31. The summed E-state index contributed by atoms with van der Waals surface area (Å²) in [5.74, 6) is 1.45. The topological polar surface area (TPSA) is 73.6 Å². The van der Waals surface area contributed by atoms with Gasteiger partial charge in [0, 0.05) is 17.8 Å². The molecule has 5 heteroatoms. The van der Waals surface area contributed by atoms with Gasteiger partial charge in [-0.3, -0.25) is 4.79 Å². The first-order chi connectivity index (χ1) is 10.7. The molecule has 2 aromatic carbocycles. The van der Waals surface area contributed by atoms with Crippen LogP contribution in [0.4, 0.5) is 5.69 Å². The molecule has 0 saturated heterocycles. The van der Waals surface area contributed by atoms with E-state index >= 15 is 0 Å². The number of benzene rings is 2. The number of nitrogens with one attached hydrogen (secondary N) is 1. The van der Waals surface area contributed by atoms with E-state index in [1.165, 1.54) is 0 Å². The van der Waals surface area contributed by atoms with Crippen LogP contribution in [0.1, 0.15) is 15.9 Å². The Morgan fingerprint density at radius 2 is 1.77 bits per heavy atom. The van der Waals surface area contributed by atoms with Crippen molar-refractivity contribution in [3.05, 3.63) is 53.6 Å². The number of rotatable bonds is 4. The number of nitrogen functional groups attached to an aromatic ring is 1. The van der Waals surface area contributed by atoms with Crippen molar-refractivity contribution >= 4 is 11.6 Å². The summed E-state index contributed by atoms with van der Waals surface area (Å²) in [4.78, 5) is 12.0. The zero-order chi connectivity index (χ0) is 15.4. The normalized spacial score (nSPS) is 12.7. The lowest BCUT2D eigenvalue weighted by atomic mass is 10.1. The van der Waals surface area contributed by atoms with Gasteiger partial charge in [0.15, 0.2) is 11.5 Å². The molecule has 3 rings (SSSR count). The van der Waals surface area contributed by atoms with E-state index in [9.17, 15) is 4.79 Å². The highest BCUT2D eigenvalue weighted by Crippen LogP contribution is 2.30. The Morgan fingerprint density at radius 1 is 1.05 bits per heavy atom. The highest BCUT2D eigenvalue weighted by molar-refractivity contribution is 5.94. The van der Waals surface area contributed by atoms with Crippen LogP contribution < -0.4 is 20.5 Å². The van der Waals surface area contributed by atoms with Crippen LogP contribution in [0.25, 0.3) is 0 Å². The number of hydrogen-bond acceptors (Lipinski definition) is 4. The molecule has 0 fully saturated rings. The number of hydrogen-bond donors (Lipinski definition) is 2. The molecule has 0 atom stereocenters. The molecule has 0 unspecified atom stereocenters. The first-order valence-electron chi connectivity index (χ1n) is 7.24. The molecular weight excluding hydrogens is 280 g/mol. The van der Waals surface area contributed by atoms with Gasteiger partial charge in [-0.15, -0.1) is 0 Å². The first kappa shape index (κ1) is 14.3. The Hall–Kier alpha value is -2.69. The van der Waals surface area contributed by atoms with Gasteiger partial charge < -0.3 is 20.5 Å². The number of anilines is 1. The van der Waals surface area contributed by atoms with Crippen LogP contribution in [0, 0.1) is 0 Å². The molecule has 0 saturated carbocycles. The second kappa shape index (κ2) is 6.39. The van der Waals surface area contributed by atoms with Gasteiger partial charge in [0.1, 0.15) is 13.2 Å². The second-order valence-corrected chi connectivity index (χ2v) is 5.11. The molecule has 22 heavy (non-hydrogen) atoms. The van der Waals surface area contributed by atoms with Crippen LogP contribution in [0.3, 0.4) is 0 Å². The van der Waals surface area contributed by atoms with Crippen molar-refractivity contribution in [2.75, 3.05) is 25.5 Å². The molecule has 1 amide bonds. The molecule has 1 aliphatic heterocycles. The fraction of sp³-hybridized carbons (Fsp3) is 0.235. The van der Waals surface area contributed by atoms with Gasteiger partial charge >= 0.3 is 0 Å². The van der Waals surface area contributed by atoms with E-state index in [2.05, 4.69) is 5.32 Å². The van der Waals surface area contributed by atoms with Crippen LogP contribution in [0.5, 0.6) is 11.5 Å². The number of ether oxygens (including phenoxy) is 2. The second-order valence-electron chi connectivity index (χ2n) is 5.11. The molecule has 2 aromatic rings. The highest BCUT2D eigenvalue weighted by Gasteiger charge is 2.11. The molecular formula is C17H18N2O3. The molecule has 0 radical (unpaired) electrons. The maximum Gasteiger partial charge on any atom is 0.251 e. The summed E-state index contributed by atoms with van der Waals surface area (Å²) in [5, 5.41) is 2.90. The van der Waals surface area contributed by atoms with Gasteiger partial charge in [-0.25, -0.2) is 0 Å².